The molecule has 1 heterocycles. The van der Waals surface area contributed by atoms with E-state index in [-0.39, 0.29) is 24.6 Å². The van der Waals surface area contributed by atoms with E-state index < -0.39 is 5.54 Å². The second kappa shape index (κ2) is 10.8. The molecule has 5 rings (SSSR count). The summed E-state index contributed by atoms with van der Waals surface area (Å²) in [7, 11) is 1.96. The average molecular weight is 490 g/mol. The Balaban J connectivity index is 1.45. The smallest absolute Gasteiger partial charge is 0.322 e. The van der Waals surface area contributed by atoms with Crippen LogP contribution in [0.2, 0.25) is 0 Å². The highest BCUT2D eigenvalue weighted by Gasteiger charge is 2.51. The van der Waals surface area contributed by atoms with Gasteiger partial charge in [0.1, 0.15) is 5.54 Å². The van der Waals surface area contributed by atoms with Crippen LogP contribution in [0.15, 0.2) is 121 Å². The van der Waals surface area contributed by atoms with Crippen LogP contribution in [0.3, 0.4) is 0 Å². The monoisotopic (exact) mass is 489 g/mol. The lowest BCUT2D eigenvalue weighted by Gasteiger charge is -2.32. The zero-order chi connectivity index (χ0) is 25.7. The lowest BCUT2D eigenvalue weighted by atomic mass is 9.84. The second-order valence-electron chi connectivity index (χ2n) is 9.69. The number of urea groups is 1. The first-order valence-corrected chi connectivity index (χ1v) is 12.6. The van der Waals surface area contributed by atoms with E-state index in [1.807, 2.05) is 104 Å². The summed E-state index contributed by atoms with van der Waals surface area (Å²) in [5, 5.41) is 3.10. The van der Waals surface area contributed by atoms with Gasteiger partial charge < -0.3 is 5.32 Å². The van der Waals surface area contributed by atoms with Crippen LogP contribution < -0.4 is 5.32 Å². The Labute approximate surface area is 218 Å². The summed E-state index contributed by atoms with van der Waals surface area (Å²) in [4.78, 5) is 30.9. The van der Waals surface area contributed by atoms with Gasteiger partial charge in [0, 0.05) is 12.8 Å². The zero-order valence-electron chi connectivity index (χ0n) is 21.0. The van der Waals surface area contributed by atoms with Gasteiger partial charge in [-0.3, -0.25) is 9.69 Å². The van der Waals surface area contributed by atoms with Crippen molar-refractivity contribution in [2.24, 2.45) is 0 Å². The van der Waals surface area contributed by atoms with Gasteiger partial charge in [-0.25, -0.2) is 9.69 Å². The second-order valence-corrected chi connectivity index (χ2v) is 9.69. The maximum atomic E-state index is 14.1. The molecule has 3 amide bonds. The van der Waals surface area contributed by atoms with Crippen molar-refractivity contribution in [2.75, 3.05) is 13.7 Å². The van der Waals surface area contributed by atoms with Crippen molar-refractivity contribution in [3.63, 3.8) is 0 Å². The summed E-state index contributed by atoms with van der Waals surface area (Å²) in [6.07, 6.45) is 0.850. The first-order valence-electron chi connectivity index (χ1n) is 12.6. The van der Waals surface area contributed by atoms with Gasteiger partial charge >= 0.3 is 6.03 Å². The summed E-state index contributed by atoms with van der Waals surface area (Å²) in [5.74, 6) is -0.197. The first kappa shape index (κ1) is 24.5. The van der Waals surface area contributed by atoms with Crippen LogP contribution in [0, 0.1) is 0 Å². The highest BCUT2D eigenvalue weighted by Crippen LogP contribution is 2.31. The summed E-state index contributed by atoms with van der Waals surface area (Å²) in [5.41, 5.74) is 3.17. The predicted molar refractivity (Wildman–Crippen MR) is 146 cm³/mol. The molecule has 1 fully saturated rings. The molecule has 37 heavy (non-hydrogen) atoms. The van der Waals surface area contributed by atoms with Gasteiger partial charge in [0.25, 0.3) is 5.91 Å². The number of nitrogens with zero attached hydrogens (tertiary/aromatic N) is 2. The molecule has 5 heteroatoms. The maximum Gasteiger partial charge on any atom is 0.326 e. The van der Waals surface area contributed by atoms with Crippen molar-refractivity contribution in [2.45, 2.75) is 24.4 Å². The molecule has 1 saturated heterocycles. The number of rotatable bonds is 9. The van der Waals surface area contributed by atoms with Crippen molar-refractivity contribution in [3.8, 4) is 0 Å². The molecule has 0 unspecified atom stereocenters. The predicted octanol–water partition coefficient (Wildman–Crippen LogP) is 5.44. The number of nitrogens with one attached hydrogen (secondary N) is 1. The molecule has 1 N–H and O–H groups in total. The molecular weight excluding hydrogens is 458 g/mol. The molecule has 0 atom stereocenters. The fraction of sp³-hybridized carbons (Fsp3) is 0.188. The third-order valence-corrected chi connectivity index (χ3v) is 6.98. The van der Waals surface area contributed by atoms with Crippen molar-refractivity contribution < 1.29 is 9.59 Å². The molecule has 4 aromatic carbocycles. The van der Waals surface area contributed by atoms with Crippen molar-refractivity contribution in [3.05, 3.63) is 144 Å². The lowest BCUT2D eigenvalue weighted by Crippen LogP contribution is -2.51. The molecular formula is C32H31N3O2. The third kappa shape index (κ3) is 5.32. The van der Waals surface area contributed by atoms with Crippen LogP contribution in [0.5, 0.6) is 0 Å². The van der Waals surface area contributed by atoms with E-state index in [1.54, 1.807) is 0 Å². The minimum atomic E-state index is -1.05. The number of hydrogen-bond donors (Lipinski definition) is 1. The molecule has 5 nitrogen and oxygen atoms in total. The largest absolute Gasteiger partial charge is 0.326 e. The molecule has 0 spiro atoms. The summed E-state index contributed by atoms with van der Waals surface area (Å²) in [6.45, 7) is 0.171. The summed E-state index contributed by atoms with van der Waals surface area (Å²) >= 11 is 0. The average Bonchev–Trinajstić information content (AvgIpc) is 3.15. The molecule has 0 saturated carbocycles. The molecule has 0 aromatic heterocycles. The van der Waals surface area contributed by atoms with E-state index in [0.717, 1.165) is 22.3 Å². The normalized spacial score (nSPS) is 14.8. The number of carbonyl (C=O) groups is 2. The Bertz CT molecular complexity index is 1250. The van der Waals surface area contributed by atoms with E-state index in [4.69, 9.17) is 0 Å². The topological polar surface area (TPSA) is 52.6 Å². The Morgan fingerprint density at radius 2 is 1.08 bits per heavy atom. The molecule has 4 aromatic rings. The van der Waals surface area contributed by atoms with E-state index in [2.05, 4.69) is 34.5 Å². The highest BCUT2D eigenvalue weighted by atomic mass is 16.2. The third-order valence-electron chi connectivity index (χ3n) is 6.98. The Morgan fingerprint density at radius 3 is 1.51 bits per heavy atom. The fourth-order valence-corrected chi connectivity index (χ4v) is 5.27. The molecule has 0 aliphatic carbocycles. The minimum Gasteiger partial charge on any atom is -0.322 e. The quantitative estimate of drug-likeness (QED) is 0.319. The van der Waals surface area contributed by atoms with E-state index in [1.165, 1.54) is 4.90 Å². The van der Waals surface area contributed by atoms with Gasteiger partial charge in [0.2, 0.25) is 0 Å². The molecule has 0 bridgehead atoms. The fourth-order valence-electron chi connectivity index (χ4n) is 5.27. The van der Waals surface area contributed by atoms with Crippen molar-refractivity contribution in [1.82, 2.24) is 15.1 Å². The SMILES string of the molecule is CN(CN1C(=O)NC(Cc2ccccc2)(Cc2ccccc2)C1=O)C(c1ccccc1)c1ccccc1. The van der Waals surface area contributed by atoms with Crippen LogP contribution in [0.25, 0.3) is 0 Å². The maximum absolute atomic E-state index is 14.1. The van der Waals surface area contributed by atoms with Gasteiger partial charge in [0.05, 0.1) is 12.7 Å². The molecule has 1 aliphatic heterocycles. The number of benzene rings is 4. The van der Waals surface area contributed by atoms with Gasteiger partial charge in [0.15, 0.2) is 0 Å². The number of amides is 3. The van der Waals surface area contributed by atoms with Crippen LogP contribution in [0.1, 0.15) is 28.3 Å². The Hall–Kier alpha value is -4.22. The number of imide groups is 1. The summed E-state index contributed by atoms with van der Waals surface area (Å²) < 4.78 is 0. The van der Waals surface area contributed by atoms with Crippen LogP contribution in [-0.2, 0) is 17.6 Å². The Kier molecular flexibility index (Phi) is 7.15. The zero-order valence-corrected chi connectivity index (χ0v) is 21.0. The lowest BCUT2D eigenvalue weighted by molar-refractivity contribution is -0.132. The number of carbonyl (C=O) groups excluding carboxylic acids is 2. The molecule has 1 aliphatic rings. The van der Waals surface area contributed by atoms with Gasteiger partial charge in [-0.05, 0) is 29.3 Å². The summed E-state index contributed by atoms with van der Waals surface area (Å²) in [6, 6.07) is 39.6. The highest BCUT2D eigenvalue weighted by molar-refractivity contribution is 6.07. The van der Waals surface area contributed by atoms with Gasteiger partial charge in [-0.15, -0.1) is 0 Å². The molecule has 186 valence electrons. The van der Waals surface area contributed by atoms with E-state index in [9.17, 15) is 9.59 Å². The van der Waals surface area contributed by atoms with Gasteiger partial charge in [-0.1, -0.05) is 121 Å². The standard InChI is InChI=1S/C32H31N3O2/c1-34(29(27-18-10-4-11-19-27)28-20-12-5-13-21-28)24-35-30(36)32(33-31(35)37,22-25-14-6-2-7-15-25)23-26-16-8-3-9-17-26/h2-21,29H,22-24H2,1H3,(H,33,37). The van der Waals surface area contributed by atoms with Crippen LogP contribution in [-0.4, -0.2) is 41.0 Å². The molecule has 0 radical (unpaired) electrons. The van der Waals surface area contributed by atoms with Crippen LogP contribution in [0.4, 0.5) is 4.79 Å². The first-order chi connectivity index (χ1) is 18.1. The van der Waals surface area contributed by atoms with Gasteiger partial charge in [-0.2, -0.15) is 0 Å². The van der Waals surface area contributed by atoms with Crippen molar-refractivity contribution in [1.29, 1.82) is 0 Å². The Morgan fingerprint density at radius 1 is 0.676 bits per heavy atom. The van der Waals surface area contributed by atoms with E-state index >= 15 is 0 Å². The minimum absolute atomic E-state index is 0.110. The van der Waals surface area contributed by atoms with Crippen LogP contribution >= 0.6 is 0 Å². The van der Waals surface area contributed by atoms with Crippen molar-refractivity contribution >= 4 is 11.9 Å². The number of hydrogen-bond acceptors (Lipinski definition) is 3. The van der Waals surface area contributed by atoms with E-state index in [0.29, 0.717) is 12.8 Å².